The Morgan fingerprint density at radius 1 is 1.19 bits per heavy atom. The molecule has 4 rings (SSSR count). The molecule has 0 N–H and O–H groups in total. The summed E-state index contributed by atoms with van der Waals surface area (Å²) in [5.41, 5.74) is 1.99. The Bertz CT molecular complexity index is 349. The number of hydrogen-bond acceptors (Lipinski definition) is 1. The van der Waals surface area contributed by atoms with Gasteiger partial charge < -0.3 is 4.90 Å². The largest absolute Gasteiger partial charge is 0.300 e. The molecule has 0 spiro atoms. The van der Waals surface area contributed by atoms with Gasteiger partial charge in [-0.15, -0.1) is 0 Å². The van der Waals surface area contributed by atoms with Gasteiger partial charge in [-0.25, -0.2) is 0 Å². The highest BCUT2D eigenvalue weighted by molar-refractivity contribution is 5.19. The van der Waals surface area contributed by atoms with E-state index in [-0.39, 0.29) is 0 Å². The van der Waals surface area contributed by atoms with Crippen LogP contribution in [0.25, 0.3) is 0 Å². The summed E-state index contributed by atoms with van der Waals surface area (Å²) in [7, 11) is 2.33. The fourth-order valence-corrected chi connectivity index (χ4v) is 3.65. The number of rotatable bonds is 2. The minimum atomic E-state index is 0.482. The van der Waals surface area contributed by atoms with Gasteiger partial charge in [0, 0.05) is 12.1 Å². The second-order valence-corrected chi connectivity index (χ2v) is 5.71. The summed E-state index contributed by atoms with van der Waals surface area (Å²) < 4.78 is 0. The van der Waals surface area contributed by atoms with Crippen molar-refractivity contribution in [1.82, 2.24) is 4.90 Å². The smallest absolute Gasteiger partial charge is 0.0247 e. The monoisotopic (exact) mass is 215 g/mol. The van der Waals surface area contributed by atoms with Gasteiger partial charge in [-0.1, -0.05) is 30.3 Å². The van der Waals surface area contributed by atoms with Crippen LogP contribution in [-0.2, 0) is 6.42 Å². The molecule has 1 saturated carbocycles. The fourth-order valence-electron chi connectivity index (χ4n) is 3.65. The predicted octanol–water partition coefficient (Wildman–Crippen LogP) is 3.10. The van der Waals surface area contributed by atoms with E-state index < -0.39 is 0 Å². The molecule has 1 nitrogen and oxygen atoms in total. The molecule has 0 amide bonds. The lowest BCUT2D eigenvalue weighted by molar-refractivity contribution is -0.0152. The summed E-state index contributed by atoms with van der Waals surface area (Å²) in [5.74, 6) is 0.989. The van der Waals surface area contributed by atoms with Gasteiger partial charge in [0.15, 0.2) is 0 Å². The Labute approximate surface area is 98.5 Å². The average molecular weight is 215 g/mol. The average Bonchev–Trinajstić information content (AvgIpc) is 2.32. The molecule has 1 aliphatic carbocycles. The lowest BCUT2D eigenvalue weighted by Gasteiger charge is -2.53. The number of nitrogens with zero attached hydrogens (tertiary/aromatic N) is 1. The van der Waals surface area contributed by atoms with Crippen molar-refractivity contribution in [3.63, 3.8) is 0 Å². The predicted molar refractivity (Wildman–Crippen MR) is 67.5 cm³/mol. The van der Waals surface area contributed by atoms with E-state index >= 15 is 0 Å². The van der Waals surface area contributed by atoms with Crippen LogP contribution >= 0.6 is 0 Å². The van der Waals surface area contributed by atoms with Crippen molar-refractivity contribution in [3.05, 3.63) is 35.9 Å². The molecule has 0 radical (unpaired) electrons. The lowest BCUT2D eigenvalue weighted by Crippen LogP contribution is -2.57. The lowest BCUT2D eigenvalue weighted by atomic mass is 9.68. The van der Waals surface area contributed by atoms with Crippen molar-refractivity contribution in [2.24, 2.45) is 5.92 Å². The normalized spacial score (nSPS) is 34.2. The van der Waals surface area contributed by atoms with Crippen LogP contribution in [-0.4, -0.2) is 24.0 Å². The Balaban J connectivity index is 1.82. The summed E-state index contributed by atoms with van der Waals surface area (Å²) in [5, 5.41) is 0. The van der Waals surface area contributed by atoms with E-state index in [4.69, 9.17) is 0 Å². The maximum atomic E-state index is 2.64. The summed E-state index contributed by atoms with van der Waals surface area (Å²) in [6, 6.07) is 11.0. The summed E-state index contributed by atoms with van der Waals surface area (Å²) in [6.07, 6.45) is 6.97. The zero-order chi connectivity index (χ0) is 11.0. The van der Waals surface area contributed by atoms with Crippen LogP contribution in [0.15, 0.2) is 30.3 Å². The van der Waals surface area contributed by atoms with E-state index in [1.165, 1.54) is 44.2 Å². The minimum Gasteiger partial charge on any atom is -0.300 e. The number of benzene rings is 1. The minimum absolute atomic E-state index is 0.482. The molecule has 1 aromatic carbocycles. The van der Waals surface area contributed by atoms with E-state index in [9.17, 15) is 0 Å². The standard InChI is InChI=1S/C15H21N/c1-16-12-14-7-9-15(16,10-8-14)11-13-5-3-2-4-6-13/h2-6,14H,7-12H2,1H3. The second-order valence-electron chi connectivity index (χ2n) is 5.71. The first-order valence-electron chi connectivity index (χ1n) is 6.54. The first-order chi connectivity index (χ1) is 7.78. The Kier molecular flexibility index (Phi) is 2.51. The molecular weight excluding hydrogens is 194 g/mol. The second kappa shape index (κ2) is 3.89. The maximum Gasteiger partial charge on any atom is 0.0247 e. The van der Waals surface area contributed by atoms with Gasteiger partial charge in [-0.3, -0.25) is 0 Å². The molecular formula is C15H21N. The van der Waals surface area contributed by atoms with Crippen LogP contribution in [0.3, 0.4) is 0 Å². The zero-order valence-electron chi connectivity index (χ0n) is 10.2. The number of fused-ring (bicyclic) bond motifs is 3. The van der Waals surface area contributed by atoms with Gasteiger partial charge in [0.05, 0.1) is 0 Å². The highest BCUT2D eigenvalue weighted by atomic mass is 15.2. The van der Waals surface area contributed by atoms with E-state index in [1.54, 1.807) is 0 Å². The van der Waals surface area contributed by atoms with Crippen LogP contribution in [0.4, 0.5) is 0 Å². The molecule has 2 heterocycles. The quantitative estimate of drug-likeness (QED) is 0.732. The molecule has 1 heteroatoms. The van der Waals surface area contributed by atoms with Crippen LogP contribution < -0.4 is 0 Å². The first kappa shape index (κ1) is 10.3. The van der Waals surface area contributed by atoms with Gasteiger partial charge in [0.1, 0.15) is 0 Å². The Morgan fingerprint density at radius 3 is 2.50 bits per heavy atom. The first-order valence-corrected chi connectivity index (χ1v) is 6.54. The molecule has 3 fully saturated rings. The van der Waals surface area contributed by atoms with E-state index in [0.717, 1.165) is 5.92 Å². The van der Waals surface area contributed by atoms with Gasteiger partial charge in [-0.05, 0) is 50.6 Å². The van der Waals surface area contributed by atoms with Gasteiger partial charge in [0.25, 0.3) is 0 Å². The number of hydrogen-bond donors (Lipinski definition) is 0. The molecule has 1 aromatic rings. The third-order valence-electron chi connectivity index (χ3n) is 4.75. The van der Waals surface area contributed by atoms with Crippen molar-refractivity contribution >= 4 is 0 Å². The Morgan fingerprint density at radius 2 is 1.88 bits per heavy atom. The molecule has 0 aromatic heterocycles. The van der Waals surface area contributed by atoms with Crippen LogP contribution in [0.5, 0.6) is 0 Å². The SMILES string of the molecule is CN1CC2CCC1(Cc1ccccc1)CC2. The maximum absolute atomic E-state index is 2.64. The number of likely N-dealkylation sites (N-methyl/N-ethyl adjacent to an activating group) is 1. The summed E-state index contributed by atoms with van der Waals surface area (Å²) >= 11 is 0. The van der Waals surface area contributed by atoms with Gasteiger partial charge >= 0.3 is 0 Å². The molecule has 0 atom stereocenters. The van der Waals surface area contributed by atoms with Gasteiger partial charge in [-0.2, -0.15) is 0 Å². The van der Waals surface area contributed by atoms with Crippen molar-refractivity contribution in [1.29, 1.82) is 0 Å². The van der Waals surface area contributed by atoms with E-state index in [1.807, 2.05) is 0 Å². The van der Waals surface area contributed by atoms with Crippen LogP contribution in [0.2, 0.25) is 0 Å². The van der Waals surface area contributed by atoms with Crippen molar-refractivity contribution < 1.29 is 0 Å². The molecule has 86 valence electrons. The fraction of sp³-hybridized carbons (Fsp3) is 0.600. The van der Waals surface area contributed by atoms with E-state index in [2.05, 4.69) is 42.3 Å². The molecule has 2 bridgehead atoms. The molecule has 2 saturated heterocycles. The summed E-state index contributed by atoms with van der Waals surface area (Å²) in [6.45, 7) is 1.33. The molecule has 3 aliphatic rings. The third-order valence-corrected chi connectivity index (χ3v) is 4.75. The van der Waals surface area contributed by atoms with E-state index in [0.29, 0.717) is 5.54 Å². The van der Waals surface area contributed by atoms with Crippen LogP contribution in [0.1, 0.15) is 31.2 Å². The van der Waals surface area contributed by atoms with Crippen molar-refractivity contribution in [3.8, 4) is 0 Å². The molecule has 16 heavy (non-hydrogen) atoms. The summed E-state index contributed by atoms with van der Waals surface area (Å²) in [4.78, 5) is 2.64. The topological polar surface area (TPSA) is 3.24 Å². The number of piperidine rings is 2. The highest BCUT2D eigenvalue weighted by Gasteiger charge is 2.43. The third kappa shape index (κ3) is 1.67. The van der Waals surface area contributed by atoms with Crippen molar-refractivity contribution in [2.75, 3.05) is 13.6 Å². The zero-order valence-corrected chi connectivity index (χ0v) is 10.2. The van der Waals surface area contributed by atoms with Crippen molar-refractivity contribution in [2.45, 2.75) is 37.6 Å². The van der Waals surface area contributed by atoms with Gasteiger partial charge in [0.2, 0.25) is 0 Å². The highest BCUT2D eigenvalue weighted by Crippen LogP contribution is 2.43. The van der Waals surface area contributed by atoms with Crippen LogP contribution in [0, 0.1) is 5.92 Å². The molecule has 0 unspecified atom stereocenters. The Hall–Kier alpha value is -0.820. The molecule has 2 aliphatic heterocycles.